The third kappa shape index (κ3) is 4.11. The number of thiazole rings is 1. The molecule has 0 aliphatic heterocycles. The number of carbonyl (C=O) groups is 1. The van der Waals surface area contributed by atoms with Gasteiger partial charge in [-0.15, -0.1) is 11.3 Å². The highest BCUT2D eigenvalue weighted by Crippen LogP contribution is 2.20. The lowest BCUT2D eigenvalue weighted by Crippen LogP contribution is -2.17. The number of amides is 1. The lowest BCUT2D eigenvalue weighted by molar-refractivity contribution is 0.0958. The first-order chi connectivity index (χ1) is 11.7. The second kappa shape index (κ2) is 7.61. The molecule has 1 aromatic carbocycles. The highest BCUT2D eigenvalue weighted by Gasteiger charge is 2.14. The SMILES string of the molecule is Cc1nc(Cc2ccccc2)sc1C(=O)NN=Cc1cccnc1. The summed E-state index contributed by atoms with van der Waals surface area (Å²) in [4.78, 5) is 21.3. The molecule has 0 spiro atoms. The molecule has 0 saturated heterocycles. The van der Waals surface area contributed by atoms with E-state index >= 15 is 0 Å². The highest BCUT2D eigenvalue weighted by molar-refractivity contribution is 7.13. The molecule has 0 unspecified atom stereocenters. The van der Waals surface area contributed by atoms with Crippen molar-refractivity contribution in [3.63, 3.8) is 0 Å². The van der Waals surface area contributed by atoms with E-state index in [9.17, 15) is 4.79 Å². The minimum Gasteiger partial charge on any atom is -0.266 e. The third-order valence-electron chi connectivity index (χ3n) is 3.31. The zero-order valence-electron chi connectivity index (χ0n) is 13.1. The summed E-state index contributed by atoms with van der Waals surface area (Å²) in [6.45, 7) is 1.84. The minimum atomic E-state index is -0.246. The molecule has 0 saturated carbocycles. The molecule has 2 aromatic heterocycles. The molecule has 3 rings (SSSR count). The van der Waals surface area contributed by atoms with E-state index in [1.54, 1.807) is 18.6 Å². The number of nitrogens with one attached hydrogen (secondary N) is 1. The topological polar surface area (TPSA) is 67.2 Å². The van der Waals surface area contributed by atoms with Crippen molar-refractivity contribution < 1.29 is 4.79 Å². The molecule has 1 N–H and O–H groups in total. The van der Waals surface area contributed by atoms with Gasteiger partial charge in [0.05, 0.1) is 16.9 Å². The maximum atomic E-state index is 12.3. The standard InChI is InChI=1S/C18H16N4OS/c1-13-17(18(23)22-20-12-15-8-5-9-19-11-15)24-16(21-13)10-14-6-3-2-4-7-14/h2-9,11-12H,10H2,1H3,(H,22,23). The summed E-state index contributed by atoms with van der Waals surface area (Å²) in [5.74, 6) is -0.246. The van der Waals surface area contributed by atoms with Crippen molar-refractivity contribution in [3.05, 3.63) is 81.6 Å². The lowest BCUT2D eigenvalue weighted by atomic mass is 10.2. The number of aromatic nitrogens is 2. The molecule has 2 heterocycles. The monoisotopic (exact) mass is 336 g/mol. The van der Waals surface area contributed by atoms with Gasteiger partial charge in [0, 0.05) is 24.4 Å². The van der Waals surface area contributed by atoms with Gasteiger partial charge in [0.25, 0.3) is 5.91 Å². The number of aryl methyl sites for hydroxylation is 1. The van der Waals surface area contributed by atoms with Gasteiger partial charge in [0.2, 0.25) is 0 Å². The van der Waals surface area contributed by atoms with Gasteiger partial charge in [-0.05, 0) is 18.6 Å². The summed E-state index contributed by atoms with van der Waals surface area (Å²) < 4.78 is 0. The van der Waals surface area contributed by atoms with Crippen LogP contribution in [0.2, 0.25) is 0 Å². The summed E-state index contributed by atoms with van der Waals surface area (Å²) in [7, 11) is 0. The number of carbonyl (C=O) groups excluding carboxylic acids is 1. The van der Waals surface area contributed by atoms with E-state index in [1.807, 2.05) is 37.3 Å². The van der Waals surface area contributed by atoms with Crippen LogP contribution in [0.5, 0.6) is 0 Å². The van der Waals surface area contributed by atoms with Crippen LogP contribution in [0.25, 0.3) is 0 Å². The molecule has 0 bridgehead atoms. The van der Waals surface area contributed by atoms with Gasteiger partial charge in [-0.1, -0.05) is 36.4 Å². The van der Waals surface area contributed by atoms with Crippen molar-refractivity contribution in [3.8, 4) is 0 Å². The average Bonchev–Trinajstić information content (AvgIpc) is 2.97. The van der Waals surface area contributed by atoms with Gasteiger partial charge in [0.15, 0.2) is 0 Å². The van der Waals surface area contributed by atoms with Crippen LogP contribution in [0.3, 0.4) is 0 Å². The molecule has 5 nitrogen and oxygen atoms in total. The highest BCUT2D eigenvalue weighted by atomic mass is 32.1. The first-order valence-electron chi connectivity index (χ1n) is 7.46. The van der Waals surface area contributed by atoms with Crippen LogP contribution in [0.15, 0.2) is 60.0 Å². The average molecular weight is 336 g/mol. The smallest absolute Gasteiger partial charge is 0.266 e. The number of benzene rings is 1. The third-order valence-corrected chi connectivity index (χ3v) is 4.47. The zero-order chi connectivity index (χ0) is 16.8. The molecule has 0 radical (unpaired) electrons. The zero-order valence-corrected chi connectivity index (χ0v) is 14.0. The van der Waals surface area contributed by atoms with E-state index in [1.165, 1.54) is 16.9 Å². The van der Waals surface area contributed by atoms with Crippen molar-refractivity contribution in [1.29, 1.82) is 0 Å². The summed E-state index contributed by atoms with van der Waals surface area (Å²) >= 11 is 1.40. The van der Waals surface area contributed by atoms with Gasteiger partial charge < -0.3 is 0 Å². The van der Waals surface area contributed by atoms with E-state index in [-0.39, 0.29) is 5.91 Å². The summed E-state index contributed by atoms with van der Waals surface area (Å²) in [5.41, 5.74) is 5.26. The van der Waals surface area contributed by atoms with E-state index in [0.29, 0.717) is 4.88 Å². The lowest BCUT2D eigenvalue weighted by Gasteiger charge is -1.97. The Kier molecular flexibility index (Phi) is 5.08. The number of pyridine rings is 1. The first kappa shape index (κ1) is 16.0. The van der Waals surface area contributed by atoms with Gasteiger partial charge in [0.1, 0.15) is 4.88 Å². The van der Waals surface area contributed by atoms with Gasteiger partial charge in [-0.2, -0.15) is 5.10 Å². The fourth-order valence-electron chi connectivity index (χ4n) is 2.18. The Morgan fingerprint density at radius 2 is 2.08 bits per heavy atom. The van der Waals surface area contributed by atoms with E-state index < -0.39 is 0 Å². The molecule has 24 heavy (non-hydrogen) atoms. The van der Waals surface area contributed by atoms with Gasteiger partial charge in [-0.25, -0.2) is 10.4 Å². The Morgan fingerprint density at radius 1 is 1.25 bits per heavy atom. The Morgan fingerprint density at radius 3 is 2.83 bits per heavy atom. The summed E-state index contributed by atoms with van der Waals surface area (Å²) in [6, 6.07) is 13.7. The van der Waals surface area contributed by atoms with Crippen LogP contribution >= 0.6 is 11.3 Å². The molecule has 1 amide bonds. The Bertz CT molecular complexity index is 844. The number of hydrazone groups is 1. The fourth-order valence-corrected chi connectivity index (χ4v) is 3.17. The van der Waals surface area contributed by atoms with Gasteiger partial charge in [-0.3, -0.25) is 9.78 Å². The van der Waals surface area contributed by atoms with Crippen molar-refractivity contribution in [2.24, 2.45) is 5.10 Å². The van der Waals surface area contributed by atoms with Crippen molar-refractivity contribution >= 4 is 23.5 Å². The first-order valence-corrected chi connectivity index (χ1v) is 8.27. The number of rotatable bonds is 5. The summed E-state index contributed by atoms with van der Waals surface area (Å²) in [6.07, 6.45) is 5.64. The normalized spacial score (nSPS) is 10.9. The molecule has 6 heteroatoms. The maximum Gasteiger partial charge on any atom is 0.283 e. The van der Waals surface area contributed by atoms with Crippen LogP contribution in [0.4, 0.5) is 0 Å². The van der Waals surface area contributed by atoms with Crippen LogP contribution < -0.4 is 5.43 Å². The second-order valence-electron chi connectivity index (χ2n) is 5.17. The minimum absolute atomic E-state index is 0.246. The predicted octanol–water partition coefficient (Wildman–Crippen LogP) is 3.20. The largest absolute Gasteiger partial charge is 0.283 e. The van der Waals surface area contributed by atoms with Crippen molar-refractivity contribution in [1.82, 2.24) is 15.4 Å². The fraction of sp³-hybridized carbons (Fsp3) is 0.111. The number of hydrogen-bond acceptors (Lipinski definition) is 5. The molecule has 0 aliphatic rings. The molecular weight excluding hydrogens is 320 g/mol. The molecule has 120 valence electrons. The molecule has 0 atom stereocenters. The maximum absolute atomic E-state index is 12.3. The van der Waals surface area contributed by atoms with Gasteiger partial charge >= 0.3 is 0 Å². The van der Waals surface area contributed by atoms with Crippen LogP contribution in [0.1, 0.15) is 31.5 Å². The summed E-state index contributed by atoms with van der Waals surface area (Å²) in [5, 5.41) is 4.88. The Labute approximate surface area is 144 Å². The second-order valence-corrected chi connectivity index (χ2v) is 6.25. The van der Waals surface area contributed by atoms with Crippen LogP contribution in [0, 0.1) is 6.92 Å². The van der Waals surface area contributed by atoms with E-state index in [0.717, 1.165) is 22.7 Å². The van der Waals surface area contributed by atoms with Crippen molar-refractivity contribution in [2.75, 3.05) is 0 Å². The van der Waals surface area contributed by atoms with Crippen molar-refractivity contribution in [2.45, 2.75) is 13.3 Å². The molecule has 0 aliphatic carbocycles. The number of hydrogen-bond donors (Lipinski definition) is 1. The van der Waals surface area contributed by atoms with Crippen LogP contribution in [-0.4, -0.2) is 22.1 Å². The quantitative estimate of drug-likeness (QED) is 0.575. The molecular formula is C18H16N4OS. The molecule has 3 aromatic rings. The predicted molar refractivity (Wildman–Crippen MR) is 95.4 cm³/mol. The van der Waals surface area contributed by atoms with Crippen LogP contribution in [-0.2, 0) is 6.42 Å². The Balaban J connectivity index is 1.66. The van der Waals surface area contributed by atoms with E-state index in [2.05, 4.69) is 32.6 Å². The molecule has 0 fully saturated rings. The van der Waals surface area contributed by atoms with E-state index in [4.69, 9.17) is 0 Å². The number of nitrogens with zero attached hydrogens (tertiary/aromatic N) is 3. The Hall–Kier alpha value is -2.86.